The first-order valence-corrected chi connectivity index (χ1v) is 4.14. The molecule has 1 aromatic carbocycles. The molecule has 0 fully saturated rings. The third-order valence-corrected chi connectivity index (χ3v) is 2.24. The predicted molar refractivity (Wildman–Crippen MR) is 51.6 cm³/mol. The standard InChI is InChI=1S/C9H10N3O2/c1-6-9(10)12(14)8-5-3-2-4-7(8)11(6)13/h2-5,13H,10H2,1H3/q+1. The molecule has 2 rings (SSSR count). The third kappa shape index (κ3) is 0.953. The summed E-state index contributed by atoms with van der Waals surface area (Å²) in [6, 6.07) is 6.71. The van der Waals surface area contributed by atoms with Crippen LogP contribution < -0.4 is 10.2 Å². The maximum absolute atomic E-state index is 11.6. The van der Waals surface area contributed by atoms with E-state index in [1.54, 1.807) is 31.2 Å². The lowest BCUT2D eigenvalue weighted by Crippen LogP contribution is -2.25. The molecule has 14 heavy (non-hydrogen) atoms. The van der Waals surface area contributed by atoms with Crippen LogP contribution >= 0.6 is 0 Å². The molecule has 1 aromatic heterocycles. The lowest BCUT2D eigenvalue weighted by atomic mass is 10.3. The summed E-state index contributed by atoms with van der Waals surface area (Å²) in [5.41, 5.74) is 6.64. The van der Waals surface area contributed by atoms with Crippen LogP contribution in [0.2, 0.25) is 0 Å². The molecular weight excluding hydrogens is 182 g/mol. The minimum absolute atomic E-state index is 0.00574. The number of benzene rings is 1. The van der Waals surface area contributed by atoms with Crippen LogP contribution in [0.25, 0.3) is 11.0 Å². The van der Waals surface area contributed by atoms with Gasteiger partial charge in [0, 0.05) is 4.43 Å². The van der Waals surface area contributed by atoms with Gasteiger partial charge in [-0.05, 0) is 19.1 Å². The van der Waals surface area contributed by atoms with Crippen molar-refractivity contribution in [2.75, 3.05) is 5.73 Å². The normalized spacial score (nSPS) is 10.6. The van der Waals surface area contributed by atoms with Crippen molar-refractivity contribution in [3.8, 4) is 0 Å². The average molecular weight is 192 g/mol. The fraction of sp³-hybridized carbons (Fsp3) is 0.111. The molecule has 0 bridgehead atoms. The van der Waals surface area contributed by atoms with Gasteiger partial charge in [-0.25, -0.2) is 0 Å². The van der Waals surface area contributed by atoms with Crippen LogP contribution in [-0.2, 0) is 0 Å². The average Bonchev–Trinajstić information content (AvgIpc) is 2.23. The van der Waals surface area contributed by atoms with Crippen LogP contribution in [-0.4, -0.2) is 9.94 Å². The summed E-state index contributed by atoms with van der Waals surface area (Å²) in [5.74, 6) is 0.00574. The molecule has 0 spiro atoms. The highest BCUT2D eigenvalue weighted by Crippen LogP contribution is 2.12. The third-order valence-electron chi connectivity index (χ3n) is 2.24. The smallest absolute Gasteiger partial charge is 0.340 e. The number of fused-ring (bicyclic) bond motifs is 1. The van der Waals surface area contributed by atoms with Gasteiger partial charge in [-0.15, -0.1) is 0 Å². The largest absolute Gasteiger partial charge is 0.428 e. The van der Waals surface area contributed by atoms with Gasteiger partial charge in [0.1, 0.15) is 11.2 Å². The summed E-state index contributed by atoms with van der Waals surface area (Å²) in [7, 11) is 0. The van der Waals surface area contributed by atoms with Gasteiger partial charge in [0.15, 0.2) is 0 Å². The number of aromatic nitrogens is 2. The Hall–Kier alpha value is -2.04. The van der Waals surface area contributed by atoms with Gasteiger partial charge in [0.2, 0.25) is 5.52 Å². The Balaban J connectivity index is 3.10. The number of anilines is 1. The molecule has 0 aliphatic carbocycles. The molecule has 3 N–H and O–H groups in total. The molecule has 72 valence electrons. The van der Waals surface area contributed by atoms with Crippen LogP contribution in [0.5, 0.6) is 0 Å². The lowest BCUT2D eigenvalue weighted by Gasteiger charge is -2.04. The van der Waals surface area contributed by atoms with E-state index < -0.39 is 0 Å². The minimum Gasteiger partial charge on any atom is -0.428 e. The van der Waals surface area contributed by atoms with E-state index in [2.05, 4.69) is 0 Å². The number of hydrogen-bond acceptors (Lipinski definition) is 3. The van der Waals surface area contributed by atoms with Gasteiger partial charge in [0.25, 0.3) is 0 Å². The molecule has 2 aromatic rings. The number of para-hydroxylation sites is 2. The highest BCUT2D eigenvalue weighted by atomic mass is 16.5. The van der Waals surface area contributed by atoms with Gasteiger partial charge < -0.3 is 5.21 Å². The number of nitrogens with two attached hydrogens (primary N) is 1. The van der Waals surface area contributed by atoms with Crippen LogP contribution in [0, 0.1) is 11.8 Å². The van der Waals surface area contributed by atoms with Crippen molar-refractivity contribution in [3.05, 3.63) is 34.9 Å². The summed E-state index contributed by atoms with van der Waals surface area (Å²) < 4.78 is 1.52. The van der Waals surface area contributed by atoms with Crippen LogP contribution in [0.1, 0.15) is 5.69 Å². The van der Waals surface area contributed by atoms with E-state index in [0.29, 0.717) is 21.2 Å². The van der Waals surface area contributed by atoms with Crippen molar-refractivity contribution in [2.24, 2.45) is 0 Å². The van der Waals surface area contributed by atoms with E-state index >= 15 is 0 Å². The van der Waals surface area contributed by atoms with Crippen LogP contribution in [0.4, 0.5) is 5.82 Å². The molecule has 0 radical (unpaired) electrons. The Labute approximate surface area is 79.6 Å². The van der Waals surface area contributed by atoms with Crippen molar-refractivity contribution >= 4 is 16.9 Å². The van der Waals surface area contributed by atoms with Crippen LogP contribution in [0.15, 0.2) is 24.3 Å². The van der Waals surface area contributed by atoms with E-state index in [4.69, 9.17) is 5.73 Å². The number of nitrogens with zero attached hydrogens (tertiary/aromatic N) is 2. The second kappa shape index (κ2) is 2.73. The Morgan fingerprint density at radius 3 is 2.79 bits per heavy atom. The fourth-order valence-electron chi connectivity index (χ4n) is 1.38. The zero-order valence-corrected chi connectivity index (χ0v) is 7.64. The summed E-state index contributed by atoms with van der Waals surface area (Å²) >= 11 is 0. The summed E-state index contributed by atoms with van der Waals surface area (Å²) in [5, 5.41) is 9.65. The molecule has 0 amide bonds. The van der Waals surface area contributed by atoms with E-state index in [9.17, 15) is 10.1 Å². The van der Waals surface area contributed by atoms with E-state index in [1.807, 2.05) is 0 Å². The molecule has 1 heterocycles. The summed E-state index contributed by atoms with van der Waals surface area (Å²) in [4.78, 5) is 11.6. The lowest BCUT2D eigenvalue weighted by molar-refractivity contribution is -0.448. The molecule has 5 nitrogen and oxygen atoms in total. The molecule has 0 atom stereocenters. The van der Waals surface area contributed by atoms with Gasteiger partial charge in [0.05, 0.1) is 0 Å². The fourth-order valence-corrected chi connectivity index (χ4v) is 1.38. The predicted octanol–water partition coefficient (Wildman–Crippen LogP) is 0.684. The number of nitrogen functional groups attached to an aromatic ring is 1. The van der Waals surface area contributed by atoms with Gasteiger partial charge in [-0.1, -0.05) is 17.0 Å². The Morgan fingerprint density at radius 2 is 2.07 bits per heavy atom. The van der Waals surface area contributed by atoms with E-state index in [-0.39, 0.29) is 5.82 Å². The summed E-state index contributed by atoms with van der Waals surface area (Å²) in [6.07, 6.45) is 0. The second-order valence-electron chi connectivity index (χ2n) is 3.07. The molecule has 0 saturated heterocycles. The zero-order valence-electron chi connectivity index (χ0n) is 7.64. The Bertz CT molecular complexity index is 560. The van der Waals surface area contributed by atoms with Crippen LogP contribution in [0.3, 0.4) is 0 Å². The first kappa shape index (κ1) is 8.55. The Morgan fingerprint density at radius 1 is 1.43 bits per heavy atom. The topological polar surface area (TPSA) is 74.2 Å². The highest BCUT2D eigenvalue weighted by molar-refractivity contribution is 5.72. The quantitative estimate of drug-likeness (QED) is 0.476. The van der Waals surface area contributed by atoms with Crippen molar-refractivity contribution in [3.63, 3.8) is 0 Å². The molecular formula is C9H10N3O2+. The molecule has 5 heteroatoms. The minimum atomic E-state index is 0.00574. The van der Waals surface area contributed by atoms with E-state index in [0.717, 1.165) is 4.73 Å². The first-order valence-electron chi connectivity index (χ1n) is 4.14. The van der Waals surface area contributed by atoms with Crippen molar-refractivity contribution in [2.45, 2.75) is 6.92 Å². The zero-order chi connectivity index (χ0) is 10.3. The van der Waals surface area contributed by atoms with Gasteiger partial charge in [-0.3, -0.25) is 5.73 Å². The van der Waals surface area contributed by atoms with E-state index in [1.165, 1.54) is 0 Å². The monoisotopic (exact) mass is 192 g/mol. The Kier molecular flexibility index (Phi) is 1.67. The van der Waals surface area contributed by atoms with Gasteiger partial charge in [-0.2, -0.15) is 4.73 Å². The second-order valence-corrected chi connectivity index (χ2v) is 3.07. The maximum atomic E-state index is 11.6. The summed E-state index contributed by atoms with van der Waals surface area (Å²) in [6.45, 7) is 1.58. The molecule has 0 saturated carbocycles. The molecule has 0 unspecified atom stereocenters. The van der Waals surface area contributed by atoms with Crippen molar-refractivity contribution < 1.29 is 9.63 Å². The molecule has 0 aliphatic rings. The SMILES string of the molecule is Cc1c(N)[n+](=O)c2ccccc2n1O. The van der Waals surface area contributed by atoms with Gasteiger partial charge >= 0.3 is 5.82 Å². The highest BCUT2D eigenvalue weighted by Gasteiger charge is 2.15. The molecule has 0 aliphatic heterocycles. The number of rotatable bonds is 0. The first-order chi connectivity index (χ1) is 6.63. The van der Waals surface area contributed by atoms with Crippen molar-refractivity contribution in [1.29, 1.82) is 0 Å². The maximum Gasteiger partial charge on any atom is 0.340 e. The van der Waals surface area contributed by atoms with Crippen molar-refractivity contribution in [1.82, 2.24) is 4.73 Å². The number of hydrogen-bond donors (Lipinski definition) is 2.